The zero-order valence-electron chi connectivity index (χ0n) is 12.9. The number of nitrogens with zero attached hydrogens (tertiary/aromatic N) is 4. The van der Waals surface area contributed by atoms with Crippen LogP contribution in [0.4, 0.5) is 10.6 Å². The van der Waals surface area contributed by atoms with Crippen molar-refractivity contribution in [2.24, 2.45) is 5.92 Å². The molecule has 2 heterocycles. The molecule has 0 atom stereocenters. The molecule has 0 aromatic carbocycles. The summed E-state index contributed by atoms with van der Waals surface area (Å²) in [6.45, 7) is 0.508. The van der Waals surface area contributed by atoms with Gasteiger partial charge in [0.05, 0.1) is 12.4 Å². The van der Waals surface area contributed by atoms with Crippen LogP contribution in [0, 0.1) is 5.92 Å². The number of thioether (sulfide) groups is 1. The van der Waals surface area contributed by atoms with Gasteiger partial charge in [-0.15, -0.1) is 11.8 Å². The highest BCUT2D eigenvalue weighted by Crippen LogP contribution is 2.29. The Hall–Kier alpha value is -1.28. The Morgan fingerprint density at radius 3 is 2.87 bits per heavy atom. The molecule has 2 aromatic heterocycles. The molecule has 124 valence electrons. The molecule has 0 bridgehead atoms. The number of amides is 1. The van der Waals surface area contributed by atoms with Crippen LogP contribution in [0.25, 0.3) is 5.65 Å². The fourth-order valence-corrected chi connectivity index (χ4v) is 3.98. The third kappa shape index (κ3) is 3.47. The molecule has 3 rings (SSSR count). The van der Waals surface area contributed by atoms with E-state index < -0.39 is 6.09 Å². The standard InChI is InChI=1S/C15H19BrN4O2S/c1-23-14-13-17-7-11(16)19(13)9-12(18-14)20(15(21)22)8-10-5-3-2-4-6-10/h7,9-10H,2-6,8H2,1H3,(H,21,22). The van der Waals surface area contributed by atoms with Crippen LogP contribution >= 0.6 is 27.7 Å². The second-order valence-electron chi connectivity index (χ2n) is 5.78. The van der Waals surface area contributed by atoms with Crippen LogP contribution in [0.2, 0.25) is 0 Å². The van der Waals surface area contributed by atoms with Crippen molar-refractivity contribution in [3.63, 3.8) is 0 Å². The summed E-state index contributed by atoms with van der Waals surface area (Å²) in [5, 5.41) is 10.4. The lowest BCUT2D eigenvalue weighted by Crippen LogP contribution is -2.35. The smallest absolute Gasteiger partial charge is 0.413 e. The predicted octanol–water partition coefficient (Wildman–Crippen LogP) is 4.28. The van der Waals surface area contributed by atoms with E-state index in [4.69, 9.17) is 0 Å². The van der Waals surface area contributed by atoms with Crippen LogP contribution < -0.4 is 4.90 Å². The molecule has 1 fully saturated rings. The zero-order chi connectivity index (χ0) is 16.4. The third-order valence-corrected chi connectivity index (χ3v) is 5.52. The molecular weight excluding hydrogens is 380 g/mol. The van der Waals surface area contributed by atoms with Crippen LogP contribution in [0.3, 0.4) is 0 Å². The Morgan fingerprint density at radius 1 is 1.48 bits per heavy atom. The molecule has 1 aliphatic rings. The molecule has 1 N–H and O–H groups in total. The first-order valence-corrected chi connectivity index (χ1v) is 9.70. The van der Waals surface area contributed by atoms with Gasteiger partial charge in [0.2, 0.25) is 0 Å². The zero-order valence-corrected chi connectivity index (χ0v) is 15.3. The van der Waals surface area contributed by atoms with Crippen molar-refractivity contribution in [2.45, 2.75) is 37.1 Å². The lowest BCUT2D eigenvalue weighted by molar-refractivity contribution is 0.198. The summed E-state index contributed by atoms with van der Waals surface area (Å²) in [5.74, 6) is 0.875. The van der Waals surface area contributed by atoms with Gasteiger partial charge < -0.3 is 5.11 Å². The number of carbonyl (C=O) groups is 1. The van der Waals surface area contributed by atoms with Gasteiger partial charge in [-0.2, -0.15) is 0 Å². The molecule has 0 radical (unpaired) electrons. The predicted molar refractivity (Wildman–Crippen MR) is 94.4 cm³/mol. The summed E-state index contributed by atoms with van der Waals surface area (Å²) in [5.41, 5.74) is 0.733. The number of fused-ring (bicyclic) bond motifs is 1. The van der Waals surface area contributed by atoms with Gasteiger partial charge in [-0.1, -0.05) is 19.3 Å². The summed E-state index contributed by atoms with van der Waals surface area (Å²) in [6.07, 6.45) is 10.2. The first-order chi connectivity index (χ1) is 11.1. The van der Waals surface area contributed by atoms with Crippen molar-refractivity contribution in [3.05, 3.63) is 17.0 Å². The molecule has 1 amide bonds. The van der Waals surface area contributed by atoms with Crippen molar-refractivity contribution in [1.82, 2.24) is 14.4 Å². The van der Waals surface area contributed by atoms with Crippen molar-refractivity contribution in [1.29, 1.82) is 0 Å². The molecule has 0 saturated heterocycles. The van der Waals surface area contributed by atoms with Gasteiger partial charge in [0.1, 0.15) is 9.63 Å². The van der Waals surface area contributed by atoms with E-state index in [1.54, 1.807) is 12.4 Å². The quantitative estimate of drug-likeness (QED) is 0.778. The van der Waals surface area contributed by atoms with Crippen molar-refractivity contribution >= 4 is 45.3 Å². The second kappa shape index (κ2) is 7.09. The highest BCUT2D eigenvalue weighted by Gasteiger charge is 2.24. The summed E-state index contributed by atoms with van der Waals surface area (Å²) >= 11 is 4.91. The number of halogens is 1. The Kier molecular flexibility index (Phi) is 5.11. The summed E-state index contributed by atoms with van der Waals surface area (Å²) in [7, 11) is 0. The molecule has 1 aliphatic carbocycles. The molecule has 0 spiro atoms. The molecular formula is C15H19BrN4O2S. The largest absolute Gasteiger partial charge is 0.465 e. The monoisotopic (exact) mass is 398 g/mol. The van der Waals surface area contributed by atoms with Gasteiger partial charge in [-0.3, -0.25) is 9.30 Å². The molecule has 8 heteroatoms. The molecule has 1 saturated carbocycles. The molecule has 0 unspecified atom stereocenters. The Balaban J connectivity index is 1.96. The number of hydrogen-bond donors (Lipinski definition) is 1. The number of hydrogen-bond acceptors (Lipinski definition) is 4. The molecule has 6 nitrogen and oxygen atoms in total. The van der Waals surface area contributed by atoms with Crippen LogP contribution in [0.1, 0.15) is 32.1 Å². The van der Waals surface area contributed by atoms with E-state index in [0.717, 1.165) is 28.1 Å². The Bertz CT molecular complexity index is 715. The van der Waals surface area contributed by atoms with Crippen molar-refractivity contribution in [2.75, 3.05) is 17.7 Å². The normalized spacial score (nSPS) is 15.9. The SMILES string of the molecule is CSc1nc(N(CC2CCCCC2)C(=O)O)cn2c(Br)cnc12. The molecule has 2 aromatic rings. The van der Waals surface area contributed by atoms with E-state index >= 15 is 0 Å². The van der Waals surface area contributed by atoms with Crippen LogP contribution in [-0.2, 0) is 0 Å². The number of anilines is 1. The maximum Gasteiger partial charge on any atom is 0.413 e. The minimum absolute atomic E-state index is 0.418. The van der Waals surface area contributed by atoms with E-state index in [9.17, 15) is 9.90 Å². The maximum absolute atomic E-state index is 11.8. The van der Waals surface area contributed by atoms with Gasteiger partial charge in [-0.05, 0) is 40.9 Å². The minimum Gasteiger partial charge on any atom is -0.465 e. The third-order valence-electron chi connectivity index (χ3n) is 4.27. The number of carboxylic acid groups (broad SMARTS) is 1. The van der Waals surface area contributed by atoms with Gasteiger partial charge in [-0.25, -0.2) is 14.8 Å². The van der Waals surface area contributed by atoms with E-state index in [-0.39, 0.29) is 0 Å². The number of imidazole rings is 1. The van der Waals surface area contributed by atoms with E-state index in [2.05, 4.69) is 25.9 Å². The lowest BCUT2D eigenvalue weighted by Gasteiger charge is -2.27. The van der Waals surface area contributed by atoms with E-state index in [1.165, 1.54) is 35.9 Å². The van der Waals surface area contributed by atoms with Gasteiger partial charge in [0.15, 0.2) is 11.5 Å². The second-order valence-corrected chi connectivity index (χ2v) is 7.39. The Morgan fingerprint density at radius 2 is 2.22 bits per heavy atom. The van der Waals surface area contributed by atoms with Crippen LogP contribution in [-0.4, -0.2) is 38.4 Å². The number of aromatic nitrogens is 3. The topological polar surface area (TPSA) is 70.7 Å². The molecule has 23 heavy (non-hydrogen) atoms. The summed E-state index contributed by atoms with van der Waals surface area (Å²) in [4.78, 5) is 22.0. The lowest BCUT2D eigenvalue weighted by atomic mass is 9.89. The van der Waals surface area contributed by atoms with Gasteiger partial charge >= 0.3 is 6.09 Å². The van der Waals surface area contributed by atoms with Gasteiger partial charge in [0.25, 0.3) is 0 Å². The summed E-state index contributed by atoms with van der Waals surface area (Å²) < 4.78 is 2.62. The highest BCUT2D eigenvalue weighted by molar-refractivity contribution is 9.10. The van der Waals surface area contributed by atoms with Crippen molar-refractivity contribution in [3.8, 4) is 0 Å². The van der Waals surface area contributed by atoms with Crippen molar-refractivity contribution < 1.29 is 9.90 Å². The van der Waals surface area contributed by atoms with Crippen LogP contribution in [0.15, 0.2) is 22.0 Å². The van der Waals surface area contributed by atoms with Gasteiger partial charge in [0, 0.05) is 6.54 Å². The molecule has 0 aliphatic heterocycles. The fourth-order valence-electron chi connectivity index (χ4n) is 3.08. The Labute approximate surface area is 147 Å². The highest BCUT2D eigenvalue weighted by atomic mass is 79.9. The average molecular weight is 399 g/mol. The minimum atomic E-state index is -0.953. The maximum atomic E-state index is 11.8. The first-order valence-electron chi connectivity index (χ1n) is 7.68. The summed E-state index contributed by atoms with van der Waals surface area (Å²) in [6, 6.07) is 0. The number of rotatable bonds is 4. The van der Waals surface area contributed by atoms with Crippen LogP contribution in [0.5, 0.6) is 0 Å². The van der Waals surface area contributed by atoms with E-state index in [0.29, 0.717) is 18.3 Å². The first kappa shape index (κ1) is 16.6. The van der Waals surface area contributed by atoms with E-state index in [1.807, 2.05) is 10.7 Å². The average Bonchev–Trinajstić information content (AvgIpc) is 2.94. The fraction of sp³-hybridized carbons (Fsp3) is 0.533.